The molecule has 0 saturated carbocycles. The third-order valence-corrected chi connectivity index (χ3v) is 4.23. The molecule has 1 amide bonds. The van der Waals surface area contributed by atoms with Gasteiger partial charge in [-0.25, -0.2) is 0 Å². The highest BCUT2D eigenvalue weighted by Gasteiger charge is 2.13. The Hall–Kier alpha value is -2.16. The number of hydrogen-bond donors (Lipinski definition) is 1. The third-order valence-electron chi connectivity index (χ3n) is 4.23. The van der Waals surface area contributed by atoms with E-state index in [4.69, 9.17) is 0 Å². The van der Waals surface area contributed by atoms with Gasteiger partial charge in [-0.3, -0.25) is 9.78 Å². The minimum atomic E-state index is 0.0112. The number of nitrogens with zero attached hydrogens (tertiary/aromatic N) is 1. The van der Waals surface area contributed by atoms with E-state index < -0.39 is 0 Å². The Morgan fingerprint density at radius 1 is 1.18 bits per heavy atom. The van der Waals surface area contributed by atoms with Crippen molar-refractivity contribution in [3.8, 4) is 0 Å². The van der Waals surface area contributed by atoms with Crippen LogP contribution in [0.5, 0.6) is 0 Å². The standard InChI is InChI=1S/C19H24N2O/c1-4-16(18-10-5-6-12-20-18)11-13-21-19(22)17-9-7-8-14(2)15(17)3/h5-10,12,16H,4,11,13H2,1-3H3,(H,21,22). The van der Waals surface area contributed by atoms with Crippen LogP contribution in [0.15, 0.2) is 42.6 Å². The predicted octanol–water partition coefficient (Wildman–Crippen LogP) is 4.01. The maximum atomic E-state index is 12.3. The minimum absolute atomic E-state index is 0.0112. The zero-order chi connectivity index (χ0) is 15.9. The van der Waals surface area contributed by atoms with Crippen molar-refractivity contribution in [3.63, 3.8) is 0 Å². The predicted molar refractivity (Wildman–Crippen MR) is 90.1 cm³/mol. The second-order valence-corrected chi connectivity index (χ2v) is 5.65. The fourth-order valence-electron chi connectivity index (χ4n) is 2.63. The van der Waals surface area contributed by atoms with Crippen LogP contribution in [0.25, 0.3) is 0 Å². The lowest BCUT2D eigenvalue weighted by Gasteiger charge is -2.15. The van der Waals surface area contributed by atoms with Gasteiger partial charge in [0.25, 0.3) is 5.91 Å². The molecule has 22 heavy (non-hydrogen) atoms. The average Bonchev–Trinajstić information content (AvgIpc) is 2.55. The van der Waals surface area contributed by atoms with Crippen LogP contribution >= 0.6 is 0 Å². The monoisotopic (exact) mass is 296 g/mol. The second kappa shape index (κ2) is 7.74. The third kappa shape index (κ3) is 3.94. The van der Waals surface area contributed by atoms with Gasteiger partial charge in [0.05, 0.1) is 0 Å². The Morgan fingerprint density at radius 2 is 2.00 bits per heavy atom. The van der Waals surface area contributed by atoms with E-state index in [0.29, 0.717) is 12.5 Å². The number of carbonyl (C=O) groups is 1. The SMILES string of the molecule is CCC(CCNC(=O)c1cccc(C)c1C)c1ccccn1. The lowest BCUT2D eigenvalue weighted by atomic mass is 9.97. The summed E-state index contributed by atoms with van der Waals surface area (Å²) in [5.41, 5.74) is 4.07. The molecule has 3 heteroatoms. The van der Waals surface area contributed by atoms with Gasteiger partial charge in [-0.2, -0.15) is 0 Å². The number of nitrogens with one attached hydrogen (secondary N) is 1. The highest BCUT2D eigenvalue weighted by atomic mass is 16.1. The van der Waals surface area contributed by atoms with Crippen molar-refractivity contribution in [1.29, 1.82) is 0 Å². The fraction of sp³-hybridized carbons (Fsp3) is 0.368. The molecular weight excluding hydrogens is 272 g/mol. The Morgan fingerprint density at radius 3 is 2.68 bits per heavy atom. The van der Waals surface area contributed by atoms with Crippen LogP contribution in [0.3, 0.4) is 0 Å². The Kier molecular flexibility index (Phi) is 5.70. The molecule has 1 aromatic heterocycles. The molecule has 0 spiro atoms. The van der Waals surface area contributed by atoms with Crippen molar-refractivity contribution in [2.75, 3.05) is 6.54 Å². The summed E-state index contributed by atoms with van der Waals surface area (Å²) in [7, 11) is 0. The van der Waals surface area contributed by atoms with Gasteiger partial charge in [0, 0.05) is 29.9 Å². The summed E-state index contributed by atoms with van der Waals surface area (Å²) in [5.74, 6) is 0.400. The van der Waals surface area contributed by atoms with E-state index in [1.54, 1.807) is 0 Å². The van der Waals surface area contributed by atoms with Crippen LogP contribution in [0.1, 0.15) is 52.9 Å². The molecule has 1 unspecified atom stereocenters. The second-order valence-electron chi connectivity index (χ2n) is 5.65. The molecule has 0 aliphatic carbocycles. The average molecular weight is 296 g/mol. The van der Waals surface area contributed by atoms with Crippen molar-refractivity contribution in [1.82, 2.24) is 10.3 Å². The molecule has 0 fully saturated rings. The molecule has 1 heterocycles. The normalized spacial score (nSPS) is 12.0. The van der Waals surface area contributed by atoms with Gasteiger partial charge in [-0.15, -0.1) is 0 Å². The van der Waals surface area contributed by atoms with Gasteiger partial charge >= 0.3 is 0 Å². The first-order chi connectivity index (χ1) is 10.6. The first-order valence-electron chi connectivity index (χ1n) is 7.88. The maximum absolute atomic E-state index is 12.3. The number of aryl methyl sites for hydroxylation is 1. The lowest BCUT2D eigenvalue weighted by molar-refractivity contribution is 0.0951. The Bertz CT molecular complexity index is 623. The fourth-order valence-corrected chi connectivity index (χ4v) is 2.63. The van der Waals surface area contributed by atoms with Crippen LogP contribution in [0.4, 0.5) is 0 Å². The molecule has 1 atom stereocenters. The van der Waals surface area contributed by atoms with Crippen molar-refractivity contribution in [2.45, 2.75) is 39.5 Å². The molecule has 116 valence electrons. The summed E-state index contributed by atoms with van der Waals surface area (Å²) in [5, 5.41) is 3.03. The highest BCUT2D eigenvalue weighted by molar-refractivity contribution is 5.95. The van der Waals surface area contributed by atoms with E-state index in [-0.39, 0.29) is 5.91 Å². The van der Waals surface area contributed by atoms with E-state index in [2.05, 4.69) is 23.3 Å². The summed E-state index contributed by atoms with van der Waals surface area (Å²) < 4.78 is 0. The number of pyridine rings is 1. The number of carbonyl (C=O) groups excluding carboxylic acids is 1. The van der Waals surface area contributed by atoms with Crippen LogP contribution < -0.4 is 5.32 Å². The molecule has 3 nitrogen and oxygen atoms in total. The van der Waals surface area contributed by atoms with Gasteiger partial charge in [-0.05, 0) is 56.0 Å². The summed E-state index contributed by atoms with van der Waals surface area (Å²) in [6.45, 7) is 6.85. The molecule has 0 saturated heterocycles. The van der Waals surface area contributed by atoms with E-state index in [0.717, 1.165) is 35.2 Å². The zero-order valence-corrected chi connectivity index (χ0v) is 13.6. The van der Waals surface area contributed by atoms with Crippen LogP contribution in [0, 0.1) is 13.8 Å². The van der Waals surface area contributed by atoms with Gasteiger partial charge in [0.15, 0.2) is 0 Å². The Balaban J connectivity index is 1.93. The number of aromatic nitrogens is 1. The van der Waals surface area contributed by atoms with Crippen LogP contribution in [-0.2, 0) is 0 Å². The number of hydrogen-bond acceptors (Lipinski definition) is 2. The van der Waals surface area contributed by atoms with Gasteiger partial charge in [0.1, 0.15) is 0 Å². The molecule has 0 aliphatic rings. The molecule has 1 aromatic carbocycles. The van der Waals surface area contributed by atoms with E-state index in [1.807, 2.05) is 50.4 Å². The Labute approximate surface area is 132 Å². The first-order valence-corrected chi connectivity index (χ1v) is 7.88. The van der Waals surface area contributed by atoms with Gasteiger partial charge in [-0.1, -0.05) is 25.1 Å². The van der Waals surface area contributed by atoms with Crippen molar-refractivity contribution in [3.05, 3.63) is 65.0 Å². The number of amides is 1. The van der Waals surface area contributed by atoms with Crippen LogP contribution in [-0.4, -0.2) is 17.4 Å². The summed E-state index contributed by atoms with van der Waals surface area (Å²) in [6, 6.07) is 11.8. The molecule has 0 radical (unpaired) electrons. The molecule has 0 aliphatic heterocycles. The zero-order valence-electron chi connectivity index (χ0n) is 13.6. The lowest BCUT2D eigenvalue weighted by Crippen LogP contribution is -2.26. The largest absolute Gasteiger partial charge is 0.352 e. The van der Waals surface area contributed by atoms with E-state index in [1.165, 1.54) is 0 Å². The molecule has 2 rings (SSSR count). The van der Waals surface area contributed by atoms with E-state index in [9.17, 15) is 4.79 Å². The molecule has 0 bridgehead atoms. The highest BCUT2D eigenvalue weighted by Crippen LogP contribution is 2.20. The summed E-state index contributed by atoms with van der Waals surface area (Å²) in [4.78, 5) is 16.7. The minimum Gasteiger partial charge on any atom is -0.352 e. The van der Waals surface area contributed by atoms with Gasteiger partial charge in [0.2, 0.25) is 0 Å². The first kappa shape index (κ1) is 16.2. The van der Waals surface area contributed by atoms with Crippen molar-refractivity contribution < 1.29 is 4.79 Å². The molecule has 2 aromatic rings. The van der Waals surface area contributed by atoms with Crippen LogP contribution in [0.2, 0.25) is 0 Å². The molecular formula is C19H24N2O. The summed E-state index contributed by atoms with van der Waals surface area (Å²) in [6.07, 6.45) is 3.76. The maximum Gasteiger partial charge on any atom is 0.251 e. The van der Waals surface area contributed by atoms with E-state index >= 15 is 0 Å². The number of rotatable bonds is 6. The summed E-state index contributed by atoms with van der Waals surface area (Å²) >= 11 is 0. The van der Waals surface area contributed by atoms with Crippen molar-refractivity contribution >= 4 is 5.91 Å². The number of benzene rings is 1. The molecule has 1 N–H and O–H groups in total. The quantitative estimate of drug-likeness (QED) is 0.875. The van der Waals surface area contributed by atoms with Gasteiger partial charge < -0.3 is 5.32 Å². The topological polar surface area (TPSA) is 42.0 Å². The smallest absolute Gasteiger partial charge is 0.251 e. The van der Waals surface area contributed by atoms with Crippen molar-refractivity contribution in [2.24, 2.45) is 0 Å².